The number of nitrogens with one attached hydrogen (secondary N) is 2. The lowest BCUT2D eigenvalue weighted by molar-refractivity contribution is -0.165. The zero-order chi connectivity index (χ0) is 23.4. The second kappa shape index (κ2) is 10.1. The van der Waals surface area contributed by atoms with Gasteiger partial charge in [0.1, 0.15) is 18.8 Å². The third-order valence-corrected chi connectivity index (χ3v) is 5.37. The molecule has 0 bridgehead atoms. The lowest BCUT2D eigenvalue weighted by atomic mass is 10.0. The van der Waals surface area contributed by atoms with Crippen molar-refractivity contribution in [2.24, 2.45) is 0 Å². The minimum absolute atomic E-state index is 0.0388. The Balaban J connectivity index is 2.01. The van der Waals surface area contributed by atoms with Crippen LogP contribution in [0.1, 0.15) is 51.3 Å². The molecule has 0 aromatic carbocycles. The van der Waals surface area contributed by atoms with Crippen LogP contribution in [0.15, 0.2) is 15.8 Å². The van der Waals surface area contributed by atoms with Crippen LogP contribution in [-0.4, -0.2) is 65.5 Å². The van der Waals surface area contributed by atoms with Gasteiger partial charge in [-0.05, 0) is 25.9 Å². The van der Waals surface area contributed by atoms with Crippen LogP contribution < -0.4 is 16.6 Å². The molecule has 0 amide bonds. The summed E-state index contributed by atoms with van der Waals surface area (Å²) in [5.74, 6) is -1.94. The minimum atomic E-state index is -1.18. The number of esters is 3. The third-order valence-electron chi connectivity index (χ3n) is 5.37. The highest BCUT2D eigenvalue weighted by Crippen LogP contribution is 2.36. The fourth-order valence-electron chi connectivity index (χ4n) is 4.03. The second-order valence-electron chi connectivity index (χ2n) is 7.78. The molecule has 4 atom stereocenters. The number of nitrogens with zero attached hydrogens (tertiary/aromatic N) is 1. The van der Waals surface area contributed by atoms with Gasteiger partial charge in [0.2, 0.25) is 0 Å². The van der Waals surface area contributed by atoms with Crippen LogP contribution in [0.2, 0.25) is 0 Å². The highest BCUT2D eigenvalue weighted by molar-refractivity contribution is 5.68. The van der Waals surface area contributed by atoms with Gasteiger partial charge in [-0.25, -0.2) is 4.79 Å². The molecule has 32 heavy (non-hydrogen) atoms. The van der Waals surface area contributed by atoms with Gasteiger partial charge in [-0.15, -0.1) is 0 Å². The molecule has 176 valence electrons. The fourth-order valence-corrected chi connectivity index (χ4v) is 4.03. The molecule has 2 saturated heterocycles. The van der Waals surface area contributed by atoms with Gasteiger partial charge < -0.3 is 24.3 Å². The Labute approximate surface area is 183 Å². The zero-order valence-corrected chi connectivity index (χ0v) is 18.1. The van der Waals surface area contributed by atoms with Crippen LogP contribution >= 0.6 is 0 Å². The molecule has 0 aliphatic carbocycles. The molecule has 12 nitrogen and oxygen atoms in total. The molecule has 2 fully saturated rings. The molecule has 2 N–H and O–H groups in total. The minimum Gasteiger partial charge on any atom is -0.463 e. The first kappa shape index (κ1) is 23.7. The molecule has 3 heterocycles. The van der Waals surface area contributed by atoms with Gasteiger partial charge >= 0.3 is 23.6 Å². The van der Waals surface area contributed by atoms with Crippen LogP contribution in [0.3, 0.4) is 0 Å². The number of hydrogen-bond acceptors (Lipinski definition) is 10. The van der Waals surface area contributed by atoms with Crippen molar-refractivity contribution in [3.05, 3.63) is 32.6 Å². The van der Waals surface area contributed by atoms with E-state index in [9.17, 15) is 24.0 Å². The number of carbonyl (C=O) groups is 3. The predicted octanol–water partition coefficient (Wildman–Crippen LogP) is -0.672. The van der Waals surface area contributed by atoms with Crippen LogP contribution in [0.4, 0.5) is 0 Å². The zero-order valence-electron chi connectivity index (χ0n) is 18.1. The first-order chi connectivity index (χ1) is 15.2. The molecule has 0 saturated carbocycles. The molecule has 1 aromatic rings. The van der Waals surface area contributed by atoms with E-state index in [2.05, 4.69) is 10.3 Å². The number of aromatic amines is 1. The summed E-state index contributed by atoms with van der Waals surface area (Å²) < 4.78 is 23.0. The fraction of sp³-hybridized carbons (Fsp3) is 0.650. The maximum absolute atomic E-state index is 12.7. The number of aromatic nitrogens is 2. The van der Waals surface area contributed by atoms with Gasteiger partial charge in [0.05, 0.1) is 5.56 Å². The first-order valence-corrected chi connectivity index (χ1v) is 10.4. The second-order valence-corrected chi connectivity index (χ2v) is 7.78. The van der Waals surface area contributed by atoms with Crippen LogP contribution in [0, 0.1) is 0 Å². The van der Waals surface area contributed by atoms with E-state index in [1.54, 1.807) is 0 Å². The molecule has 12 heteroatoms. The van der Waals surface area contributed by atoms with E-state index in [1.807, 2.05) is 0 Å². The van der Waals surface area contributed by atoms with Crippen molar-refractivity contribution in [3.8, 4) is 0 Å². The van der Waals surface area contributed by atoms with Crippen molar-refractivity contribution in [3.63, 3.8) is 0 Å². The van der Waals surface area contributed by atoms with Gasteiger partial charge in [-0.3, -0.25) is 28.7 Å². The number of rotatable bonds is 6. The van der Waals surface area contributed by atoms with Crippen LogP contribution in [0.5, 0.6) is 0 Å². The van der Waals surface area contributed by atoms with Crippen molar-refractivity contribution in [2.45, 2.75) is 64.1 Å². The molecule has 3 rings (SSSR count). The molecule has 2 aliphatic rings. The summed E-state index contributed by atoms with van der Waals surface area (Å²) in [7, 11) is 0. The van der Waals surface area contributed by atoms with Crippen LogP contribution in [-0.2, 0) is 33.3 Å². The van der Waals surface area contributed by atoms with Crippen molar-refractivity contribution in [2.75, 3.05) is 19.7 Å². The van der Waals surface area contributed by atoms with Gasteiger partial charge in [0.25, 0.3) is 5.56 Å². The van der Waals surface area contributed by atoms with Gasteiger partial charge in [0, 0.05) is 33.0 Å². The van der Waals surface area contributed by atoms with E-state index in [4.69, 9.17) is 18.9 Å². The summed E-state index contributed by atoms with van der Waals surface area (Å²) in [6.45, 7) is 4.71. The number of hydrogen-bond donors (Lipinski definition) is 2. The number of ether oxygens (including phenoxy) is 4. The Kier molecular flexibility index (Phi) is 7.46. The maximum atomic E-state index is 12.7. The third kappa shape index (κ3) is 5.43. The Bertz CT molecular complexity index is 979. The monoisotopic (exact) mass is 453 g/mol. The standard InChI is InChI=1S/C20H27N3O9/c1-10(24)29-9-15-17(30-11(2)25)18(31-12(3)26)16(32-15)14-8-23(20(28)22-19(14)27)13-4-6-21-7-5-13/h8,13,15-18,21H,4-7,9H2,1-3H3,(H,22,27,28)/t15-,16+,17?,18?/m1/s1. The molecule has 1 aromatic heterocycles. The average molecular weight is 453 g/mol. The summed E-state index contributed by atoms with van der Waals surface area (Å²) in [6, 6.07) is -0.131. The highest BCUT2D eigenvalue weighted by Gasteiger charge is 2.51. The summed E-state index contributed by atoms with van der Waals surface area (Å²) in [5, 5.41) is 3.21. The van der Waals surface area contributed by atoms with Crippen molar-refractivity contribution in [1.29, 1.82) is 0 Å². The van der Waals surface area contributed by atoms with E-state index in [0.29, 0.717) is 12.8 Å². The van der Waals surface area contributed by atoms with Gasteiger partial charge in [0.15, 0.2) is 12.2 Å². The van der Waals surface area contributed by atoms with E-state index < -0.39 is 53.6 Å². The summed E-state index contributed by atoms with van der Waals surface area (Å²) in [4.78, 5) is 62.2. The van der Waals surface area contributed by atoms with Crippen molar-refractivity contribution >= 4 is 17.9 Å². The lowest BCUT2D eigenvalue weighted by Crippen LogP contribution is -2.42. The van der Waals surface area contributed by atoms with Crippen molar-refractivity contribution in [1.82, 2.24) is 14.9 Å². The molecular weight excluding hydrogens is 426 g/mol. The molecule has 2 aliphatic heterocycles. The topological polar surface area (TPSA) is 155 Å². The summed E-state index contributed by atoms with van der Waals surface area (Å²) >= 11 is 0. The Morgan fingerprint density at radius 2 is 1.66 bits per heavy atom. The van der Waals surface area contributed by atoms with E-state index in [1.165, 1.54) is 31.5 Å². The summed E-state index contributed by atoms with van der Waals surface area (Å²) in [6.07, 6.45) is -1.67. The highest BCUT2D eigenvalue weighted by atomic mass is 16.6. The molecular formula is C20H27N3O9. The first-order valence-electron chi connectivity index (χ1n) is 10.4. The summed E-state index contributed by atoms with van der Waals surface area (Å²) in [5.41, 5.74) is -1.23. The Hall–Kier alpha value is -2.99. The average Bonchev–Trinajstić information content (AvgIpc) is 3.03. The molecule has 0 spiro atoms. The normalized spacial score (nSPS) is 25.8. The number of carbonyl (C=O) groups excluding carboxylic acids is 3. The van der Waals surface area contributed by atoms with Crippen LogP contribution in [0.25, 0.3) is 0 Å². The quantitative estimate of drug-likeness (QED) is 0.418. The predicted molar refractivity (Wildman–Crippen MR) is 108 cm³/mol. The largest absolute Gasteiger partial charge is 0.463 e. The SMILES string of the molecule is CC(=O)OC[C@H]1O[C@@H](c2cn(C3CCNCC3)c(=O)[nH]c2=O)C(OC(C)=O)C1OC(C)=O. The number of piperidine rings is 1. The smallest absolute Gasteiger partial charge is 0.328 e. The van der Waals surface area contributed by atoms with Gasteiger partial charge in [-0.1, -0.05) is 0 Å². The van der Waals surface area contributed by atoms with E-state index in [-0.39, 0.29) is 18.2 Å². The maximum Gasteiger partial charge on any atom is 0.328 e. The van der Waals surface area contributed by atoms with Crippen molar-refractivity contribution < 1.29 is 33.3 Å². The van der Waals surface area contributed by atoms with Gasteiger partial charge in [-0.2, -0.15) is 0 Å². The molecule has 2 unspecified atom stereocenters. The Morgan fingerprint density at radius 3 is 2.25 bits per heavy atom. The number of H-pyrrole nitrogens is 1. The molecule has 0 radical (unpaired) electrons. The lowest BCUT2D eigenvalue weighted by Gasteiger charge is -2.26. The van der Waals surface area contributed by atoms with E-state index >= 15 is 0 Å². The Morgan fingerprint density at radius 1 is 1.03 bits per heavy atom. The van der Waals surface area contributed by atoms with E-state index in [0.717, 1.165) is 13.1 Å².